The number of nitrogens with two attached hydrogens (primary N) is 1. The highest BCUT2D eigenvalue weighted by molar-refractivity contribution is 7.89. The SMILES string of the molecule is CC(C)c1[nH]nc(C(=O)O)c1S(N)(=O)=O. The average Bonchev–Trinajstić information content (AvgIpc) is 2.45. The van der Waals surface area contributed by atoms with E-state index in [9.17, 15) is 13.2 Å². The van der Waals surface area contributed by atoms with Crippen LogP contribution in [0.15, 0.2) is 4.90 Å². The van der Waals surface area contributed by atoms with E-state index in [4.69, 9.17) is 10.2 Å². The molecule has 0 amide bonds. The number of aromatic carboxylic acids is 1. The largest absolute Gasteiger partial charge is 0.476 e. The Hall–Kier alpha value is -1.41. The maximum absolute atomic E-state index is 11.2. The fourth-order valence-electron chi connectivity index (χ4n) is 1.17. The number of nitrogens with one attached hydrogen (secondary N) is 1. The Morgan fingerprint density at radius 2 is 2.07 bits per heavy atom. The zero-order valence-electron chi connectivity index (χ0n) is 8.18. The Morgan fingerprint density at radius 3 is 2.40 bits per heavy atom. The monoisotopic (exact) mass is 233 g/mol. The quantitative estimate of drug-likeness (QED) is 0.670. The number of carbonyl (C=O) groups is 1. The molecular weight excluding hydrogens is 222 g/mol. The lowest BCUT2D eigenvalue weighted by molar-refractivity contribution is 0.0686. The first-order valence-electron chi connectivity index (χ1n) is 4.09. The van der Waals surface area contributed by atoms with E-state index in [1.807, 2.05) is 0 Å². The molecule has 0 aliphatic heterocycles. The summed E-state index contributed by atoms with van der Waals surface area (Å²) in [5.41, 5.74) is -0.365. The maximum atomic E-state index is 11.2. The number of aromatic nitrogens is 2. The van der Waals surface area contributed by atoms with Crippen LogP contribution in [0.25, 0.3) is 0 Å². The molecule has 4 N–H and O–H groups in total. The highest BCUT2D eigenvalue weighted by Gasteiger charge is 2.28. The van der Waals surface area contributed by atoms with Crippen molar-refractivity contribution in [1.29, 1.82) is 0 Å². The van der Waals surface area contributed by atoms with E-state index in [1.165, 1.54) is 0 Å². The fourth-order valence-corrected chi connectivity index (χ4v) is 2.16. The molecule has 0 bridgehead atoms. The predicted octanol–water partition coefficient (Wildman–Crippen LogP) is -0.121. The summed E-state index contributed by atoms with van der Waals surface area (Å²) in [4.78, 5) is 10.3. The van der Waals surface area contributed by atoms with Gasteiger partial charge in [0, 0.05) is 0 Å². The minimum Gasteiger partial charge on any atom is -0.476 e. The molecule has 1 aromatic rings. The molecule has 1 aromatic heterocycles. The van der Waals surface area contributed by atoms with Crippen molar-refractivity contribution < 1.29 is 18.3 Å². The van der Waals surface area contributed by atoms with Crippen LogP contribution >= 0.6 is 0 Å². The van der Waals surface area contributed by atoms with Gasteiger partial charge in [0.25, 0.3) is 0 Å². The molecule has 1 heterocycles. The molecule has 0 aliphatic rings. The van der Waals surface area contributed by atoms with E-state index in [1.54, 1.807) is 13.8 Å². The Kier molecular flexibility index (Phi) is 2.82. The zero-order valence-corrected chi connectivity index (χ0v) is 9.00. The molecule has 0 saturated heterocycles. The number of primary sulfonamides is 1. The molecule has 0 aromatic carbocycles. The van der Waals surface area contributed by atoms with Gasteiger partial charge >= 0.3 is 5.97 Å². The van der Waals surface area contributed by atoms with Crippen LogP contribution < -0.4 is 5.14 Å². The summed E-state index contributed by atoms with van der Waals surface area (Å²) in [6, 6.07) is 0. The Bertz CT molecular complexity index is 488. The van der Waals surface area contributed by atoms with Crippen molar-refractivity contribution in [3.8, 4) is 0 Å². The molecule has 0 atom stereocenters. The third kappa shape index (κ3) is 2.16. The molecule has 0 spiro atoms. The second-order valence-electron chi connectivity index (χ2n) is 3.32. The topological polar surface area (TPSA) is 126 Å². The van der Waals surface area contributed by atoms with Crippen LogP contribution in [-0.2, 0) is 10.0 Å². The van der Waals surface area contributed by atoms with Crippen LogP contribution in [0.2, 0.25) is 0 Å². The molecule has 1 rings (SSSR count). The van der Waals surface area contributed by atoms with Crippen molar-refractivity contribution in [1.82, 2.24) is 10.2 Å². The van der Waals surface area contributed by atoms with Crippen LogP contribution in [0.5, 0.6) is 0 Å². The van der Waals surface area contributed by atoms with Gasteiger partial charge in [0.2, 0.25) is 10.0 Å². The van der Waals surface area contributed by atoms with Crippen LogP contribution in [0.3, 0.4) is 0 Å². The number of hydrogen-bond acceptors (Lipinski definition) is 4. The number of H-pyrrole nitrogens is 1. The van der Waals surface area contributed by atoms with E-state index >= 15 is 0 Å². The number of rotatable bonds is 3. The minimum atomic E-state index is -4.09. The van der Waals surface area contributed by atoms with E-state index in [0.29, 0.717) is 0 Å². The van der Waals surface area contributed by atoms with Gasteiger partial charge in [-0.2, -0.15) is 5.10 Å². The van der Waals surface area contributed by atoms with Gasteiger partial charge in [-0.3, -0.25) is 5.10 Å². The lowest BCUT2D eigenvalue weighted by Crippen LogP contribution is -2.17. The second-order valence-corrected chi connectivity index (χ2v) is 4.82. The summed E-state index contributed by atoms with van der Waals surface area (Å²) >= 11 is 0. The van der Waals surface area contributed by atoms with Crippen molar-refractivity contribution in [3.63, 3.8) is 0 Å². The number of hydrogen-bond donors (Lipinski definition) is 3. The summed E-state index contributed by atoms with van der Waals surface area (Å²) in [6.07, 6.45) is 0. The van der Waals surface area contributed by atoms with Gasteiger partial charge in [0.1, 0.15) is 4.90 Å². The highest BCUT2D eigenvalue weighted by atomic mass is 32.2. The normalized spacial score (nSPS) is 12.0. The fraction of sp³-hybridized carbons (Fsp3) is 0.429. The van der Waals surface area contributed by atoms with Crippen molar-refractivity contribution in [2.75, 3.05) is 0 Å². The smallest absolute Gasteiger partial charge is 0.357 e. The number of sulfonamides is 1. The first-order chi connectivity index (χ1) is 6.75. The van der Waals surface area contributed by atoms with Gasteiger partial charge in [-0.15, -0.1) is 0 Å². The Balaban J connectivity index is 3.55. The van der Waals surface area contributed by atoms with Gasteiger partial charge in [-0.25, -0.2) is 18.4 Å². The molecular formula is C7H11N3O4S. The Labute approximate surface area is 86.3 Å². The van der Waals surface area contributed by atoms with Crippen molar-refractivity contribution in [3.05, 3.63) is 11.4 Å². The standard InChI is InChI=1S/C7H11N3O4S/c1-3(2)4-6(15(8,13)14)5(7(11)12)10-9-4/h3H,1-2H3,(H,9,10)(H,11,12)(H2,8,13,14). The molecule has 7 nitrogen and oxygen atoms in total. The molecule has 15 heavy (non-hydrogen) atoms. The summed E-state index contributed by atoms with van der Waals surface area (Å²) in [7, 11) is -4.09. The summed E-state index contributed by atoms with van der Waals surface area (Å²) in [5.74, 6) is -1.64. The van der Waals surface area contributed by atoms with E-state index < -0.39 is 26.6 Å². The number of aromatic amines is 1. The van der Waals surface area contributed by atoms with Crippen LogP contribution in [0.4, 0.5) is 0 Å². The summed E-state index contributed by atoms with van der Waals surface area (Å²) < 4.78 is 22.4. The lowest BCUT2D eigenvalue weighted by atomic mass is 10.1. The lowest BCUT2D eigenvalue weighted by Gasteiger charge is -2.04. The van der Waals surface area contributed by atoms with E-state index in [2.05, 4.69) is 10.2 Å². The molecule has 0 unspecified atom stereocenters. The van der Waals surface area contributed by atoms with Crippen molar-refractivity contribution in [2.45, 2.75) is 24.7 Å². The third-order valence-electron chi connectivity index (χ3n) is 1.81. The number of nitrogens with zero attached hydrogens (tertiary/aromatic N) is 1. The van der Waals surface area contributed by atoms with Gasteiger partial charge in [-0.05, 0) is 5.92 Å². The number of carboxylic acid groups (broad SMARTS) is 1. The van der Waals surface area contributed by atoms with Crippen LogP contribution in [0, 0.1) is 0 Å². The van der Waals surface area contributed by atoms with Gasteiger partial charge in [-0.1, -0.05) is 13.8 Å². The average molecular weight is 233 g/mol. The van der Waals surface area contributed by atoms with Gasteiger partial charge in [0.05, 0.1) is 5.69 Å². The van der Waals surface area contributed by atoms with Crippen molar-refractivity contribution in [2.24, 2.45) is 5.14 Å². The molecule has 0 radical (unpaired) electrons. The van der Waals surface area contributed by atoms with Gasteiger partial charge < -0.3 is 5.11 Å². The first-order valence-corrected chi connectivity index (χ1v) is 5.64. The van der Waals surface area contributed by atoms with Crippen LogP contribution in [0.1, 0.15) is 35.9 Å². The predicted molar refractivity (Wildman–Crippen MR) is 51.0 cm³/mol. The zero-order chi connectivity index (χ0) is 11.8. The third-order valence-corrected chi connectivity index (χ3v) is 2.79. The minimum absolute atomic E-state index is 0.204. The first kappa shape index (κ1) is 11.7. The highest BCUT2D eigenvalue weighted by Crippen LogP contribution is 2.23. The molecule has 0 fully saturated rings. The van der Waals surface area contributed by atoms with Crippen LogP contribution in [-0.4, -0.2) is 29.7 Å². The molecule has 0 saturated carbocycles. The molecule has 8 heteroatoms. The molecule has 84 valence electrons. The molecule has 0 aliphatic carbocycles. The second kappa shape index (κ2) is 3.63. The van der Waals surface area contributed by atoms with Crippen molar-refractivity contribution >= 4 is 16.0 Å². The van der Waals surface area contributed by atoms with E-state index in [0.717, 1.165) is 0 Å². The number of carboxylic acids is 1. The summed E-state index contributed by atoms with van der Waals surface area (Å²) in [6.45, 7) is 3.40. The van der Waals surface area contributed by atoms with E-state index in [-0.39, 0.29) is 11.6 Å². The summed E-state index contributed by atoms with van der Waals surface area (Å²) in [5, 5.41) is 19.4. The Morgan fingerprint density at radius 1 is 1.53 bits per heavy atom. The van der Waals surface area contributed by atoms with Gasteiger partial charge in [0.15, 0.2) is 5.69 Å². The maximum Gasteiger partial charge on any atom is 0.357 e.